The van der Waals surface area contributed by atoms with Gasteiger partial charge in [0.2, 0.25) is 5.78 Å². The molecule has 0 radical (unpaired) electrons. The van der Waals surface area contributed by atoms with Crippen LogP contribution in [0.3, 0.4) is 0 Å². The Morgan fingerprint density at radius 3 is 2.22 bits per heavy atom. The van der Waals surface area contributed by atoms with Gasteiger partial charge in [0, 0.05) is 23.4 Å². The molecule has 0 saturated heterocycles. The van der Waals surface area contributed by atoms with E-state index in [4.69, 9.17) is 4.42 Å². The Hall–Kier alpha value is -2.01. The zero-order valence-corrected chi connectivity index (χ0v) is 10.2. The largest absolute Gasteiger partial charge is 0.443 e. The first-order chi connectivity index (χ1) is 8.59. The minimum absolute atomic E-state index is 0.0103. The molecule has 1 aromatic carbocycles. The maximum Gasteiger partial charge on any atom is 0.229 e. The van der Waals surface area contributed by atoms with Gasteiger partial charge in [0.15, 0.2) is 16.6 Å². The molecule has 5 heteroatoms. The summed E-state index contributed by atoms with van der Waals surface area (Å²) < 4.78 is 16.6. The van der Waals surface area contributed by atoms with E-state index >= 15 is 0 Å². The number of hydrogen-bond donors (Lipinski definition) is 0. The van der Waals surface area contributed by atoms with E-state index in [0.29, 0.717) is 11.1 Å². The van der Waals surface area contributed by atoms with Gasteiger partial charge >= 0.3 is 0 Å². The van der Waals surface area contributed by atoms with Crippen LogP contribution < -0.4 is 0 Å². The average molecular weight is 260 g/mol. The molecule has 4 nitrogen and oxygen atoms in total. The summed E-state index contributed by atoms with van der Waals surface area (Å²) in [7, 11) is -1.36. The van der Waals surface area contributed by atoms with Crippen molar-refractivity contribution in [3.05, 3.63) is 52.8 Å². The summed E-state index contributed by atoms with van der Waals surface area (Å²) in [5.41, 5.74) is 0.894. The summed E-state index contributed by atoms with van der Waals surface area (Å²) in [6.45, 7) is 0. The molecule has 1 aromatic heterocycles. The lowest BCUT2D eigenvalue weighted by Crippen LogP contribution is -2.18. The molecule has 0 aliphatic heterocycles. The van der Waals surface area contributed by atoms with E-state index < -0.39 is 10.8 Å². The summed E-state index contributed by atoms with van der Waals surface area (Å²) in [6.07, 6.45) is 1.44. The van der Waals surface area contributed by atoms with E-state index in [1.54, 1.807) is 24.3 Å². The monoisotopic (exact) mass is 260 g/mol. The Kier molecular flexibility index (Phi) is 2.31. The molecule has 0 unspecified atom stereocenters. The predicted octanol–water partition coefficient (Wildman–Crippen LogP) is 1.79. The highest BCUT2D eigenvalue weighted by molar-refractivity contribution is 7.84. The van der Waals surface area contributed by atoms with Gasteiger partial charge in [-0.3, -0.25) is 13.8 Å². The number of carbonyl (C=O) groups excluding carboxylic acids is 2. The third-order valence-corrected chi connectivity index (χ3v) is 3.63. The van der Waals surface area contributed by atoms with Crippen molar-refractivity contribution in [3.8, 4) is 0 Å². The second-order valence-electron chi connectivity index (χ2n) is 3.97. The van der Waals surface area contributed by atoms with Gasteiger partial charge in [-0.05, 0) is 0 Å². The van der Waals surface area contributed by atoms with Crippen LogP contribution in [0, 0.1) is 0 Å². The third kappa shape index (κ3) is 1.41. The standard InChI is InChI=1S/C13H8O4S/c1-18(16)10-6-9-11(14)7-4-2-3-5-8(7)12(15)13(9)17-10/h2-6H,1H3/t18-/m0/s1. The molecule has 18 heavy (non-hydrogen) atoms. The van der Waals surface area contributed by atoms with E-state index in [9.17, 15) is 13.8 Å². The Morgan fingerprint density at radius 1 is 1.00 bits per heavy atom. The molecule has 1 heterocycles. The van der Waals surface area contributed by atoms with Crippen molar-refractivity contribution >= 4 is 22.4 Å². The molecule has 3 rings (SSSR count). The molecule has 0 spiro atoms. The van der Waals surface area contributed by atoms with Crippen LogP contribution in [0.25, 0.3) is 0 Å². The number of hydrogen-bond acceptors (Lipinski definition) is 4. The topological polar surface area (TPSA) is 64.3 Å². The fourth-order valence-electron chi connectivity index (χ4n) is 1.99. The summed E-state index contributed by atoms with van der Waals surface area (Å²) in [5, 5.41) is 0.148. The second-order valence-corrected chi connectivity index (χ2v) is 5.28. The number of rotatable bonds is 1. The molecular formula is C13H8O4S. The molecule has 0 fully saturated rings. The minimum atomic E-state index is -1.36. The van der Waals surface area contributed by atoms with Gasteiger partial charge < -0.3 is 4.42 Å². The predicted molar refractivity (Wildman–Crippen MR) is 64.3 cm³/mol. The van der Waals surface area contributed by atoms with Crippen LogP contribution in [0.4, 0.5) is 0 Å². The van der Waals surface area contributed by atoms with Crippen molar-refractivity contribution in [1.29, 1.82) is 0 Å². The Balaban J connectivity index is 2.27. The normalized spacial score (nSPS) is 15.2. The third-order valence-electron chi connectivity index (χ3n) is 2.86. The fraction of sp³-hybridized carbons (Fsp3) is 0.0769. The van der Waals surface area contributed by atoms with Gasteiger partial charge in [-0.1, -0.05) is 24.3 Å². The molecule has 1 aliphatic carbocycles. The first-order valence-electron chi connectivity index (χ1n) is 5.25. The van der Waals surface area contributed by atoms with Crippen LogP contribution in [-0.4, -0.2) is 22.0 Å². The molecule has 0 saturated carbocycles. The number of ketones is 2. The molecule has 1 atom stereocenters. The van der Waals surface area contributed by atoms with Crippen molar-refractivity contribution in [1.82, 2.24) is 0 Å². The van der Waals surface area contributed by atoms with Crippen LogP contribution in [0.2, 0.25) is 0 Å². The van der Waals surface area contributed by atoms with Gasteiger partial charge in [0.25, 0.3) is 0 Å². The van der Waals surface area contributed by atoms with Crippen molar-refractivity contribution in [2.75, 3.05) is 6.26 Å². The molecule has 2 aromatic rings. The van der Waals surface area contributed by atoms with E-state index in [1.165, 1.54) is 12.3 Å². The van der Waals surface area contributed by atoms with Crippen LogP contribution in [0.15, 0.2) is 39.8 Å². The van der Waals surface area contributed by atoms with Crippen LogP contribution in [0.5, 0.6) is 0 Å². The minimum Gasteiger partial charge on any atom is -0.443 e. The average Bonchev–Trinajstić information content (AvgIpc) is 2.81. The molecule has 1 aliphatic rings. The lowest BCUT2D eigenvalue weighted by molar-refractivity contribution is 0.0957. The Morgan fingerprint density at radius 2 is 1.61 bits per heavy atom. The Bertz CT molecular complexity index is 659. The SMILES string of the molecule is C[S@](=O)c1cc2c(o1)C(=O)c1ccccc1C2=O. The van der Waals surface area contributed by atoms with E-state index in [-0.39, 0.29) is 28.0 Å². The highest BCUT2D eigenvalue weighted by Crippen LogP contribution is 2.30. The smallest absolute Gasteiger partial charge is 0.229 e. The first-order valence-corrected chi connectivity index (χ1v) is 6.81. The van der Waals surface area contributed by atoms with Gasteiger partial charge in [-0.25, -0.2) is 0 Å². The number of carbonyl (C=O) groups is 2. The maximum atomic E-state index is 12.2. The van der Waals surface area contributed by atoms with Crippen LogP contribution in [0.1, 0.15) is 32.0 Å². The number of benzene rings is 1. The maximum absolute atomic E-state index is 12.2. The zero-order valence-electron chi connectivity index (χ0n) is 9.43. The first kappa shape index (κ1) is 11.1. The Labute approximate surface area is 105 Å². The zero-order chi connectivity index (χ0) is 12.9. The van der Waals surface area contributed by atoms with Crippen LogP contribution in [-0.2, 0) is 10.8 Å². The highest BCUT2D eigenvalue weighted by atomic mass is 32.2. The highest BCUT2D eigenvalue weighted by Gasteiger charge is 2.33. The fourth-order valence-corrected chi connectivity index (χ4v) is 2.48. The van der Waals surface area contributed by atoms with Crippen molar-refractivity contribution < 1.29 is 18.2 Å². The number of furan rings is 1. The summed E-state index contributed by atoms with van der Waals surface area (Å²) >= 11 is 0. The lowest BCUT2D eigenvalue weighted by atomic mass is 9.89. The second kappa shape index (κ2) is 3.74. The van der Waals surface area contributed by atoms with Gasteiger partial charge in [-0.15, -0.1) is 0 Å². The molecule has 0 amide bonds. The number of fused-ring (bicyclic) bond motifs is 2. The van der Waals surface area contributed by atoms with Crippen LogP contribution >= 0.6 is 0 Å². The van der Waals surface area contributed by atoms with Crippen molar-refractivity contribution in [3.63, 3.8) is 0 Å². The summed E-state index contributed by atoms with van der Waals surface area (Å²) in [5.74, 6) is -0.610. The van der Waals surface area contributed by atoms with E-state index in [1.807, 2.05) is 0 Å². The summed E-state index contributed by atoms with van der Waals surface area (Å²) in [4.78, 5) is 24.3. The molecule has 0 bridgehead atoms. The molecular weight excluding hydrogens is 252 g/mol. The van der Waals surface area contributed by atoms with Gasteiger partial charge in [0.1, 0.15) is 0 Å². The van der Waals surface area contributed by atoms with Gasteiger partial charge in [-0.2, -0.15) is 0 Å². The summed E-state index contributed by atoms with van der Waals surface area (Å²) in [6, 6.07) is 7.98. The van der Waals surface area contributed by atoms with Crippen molar-refractivity contribution in [2.24, 2.45) is 0 Å². The van der Waals surface area contributed by atoms with E-state index in [2.05, 4.69) is 0 Å². The quantitative estimate of drug-likeness (QED) is 0.669. The van der Waals surface area contributed by atoms with Gasteiger partial charge in [0.05, 0.1) is 16.4 Å². The molecule has 0 N–H and O–H groups in total. The molecule has 90 valence electrons. The van der Waals surface area contributed by atoms with E-state index in [0.717, 1.165) is 0 Å². The lowest BCUT2D eigenvalue weighted by Gasteiger charge is -2.11. The van der Waals surface area contributed by atoms with Crippen molar-refractivity contribution in [2.45, 2.75) is 5.09 Å².